The van der Waals surface area contributed by atoms with E-state index in [2.05, 4.69) is 44.2 Å². The Hall–Kier alpha value is -3.04. The van der Waals surface area contributed by atoms with Crippen molar-refractivity contribution in [2.45, 2.75) is 32.0 Å². The van der Waals surface area contributed by atoms with Gasteiger partial charge < -0.3 is 20.3 Å². The van der Waals surface area contributed by atoms with Crippen LogP contribution in [-0.4, -0.2) is 64.6 Å². The van der Waals surface area contributed by atoms with E-state index in [0.717, 1.165) is 51.4 Å². The van der Waals surface area contributed by atoms with Crippen molar-refractivity contribution in [3.05, 3.63) is 54.0 Å². The van der Waals surface area contributed by atoms with Crippen molar-refractivity contribution >= 4 is 23.4 Å². The van der Waals surface area contributed by atoms with Crippen LogP contribution in [-0.2, 0) is 22.6 Å². The zero-order valence-electron chi connectivity index (χ0n) is 18.6. The fraction of sp³-hybridized carbons (Fsp3) is 0.458. The lowest BCUT2D eigenvalue weighted by Crippen LogP contribution is -2.44. The van der Waals surface area contributed by atoms with Gasteiger partial charge in [-0.3, -0.25) is 9.69 Å². The van der Waals surface area contributed by atoms with E-state index >= 15 is 0 Å². The highest BCUT2D eigenvalue weighted by Crippen LogP contribution is 2.28. The van der Waals surface area contributed by atoms with Crippen LogP contribution in [0, 0.1) is 11.7 Å². The minimum atomic E-state index is -0.516. The first-order chi connectivity index (χ1) is 16.1. The van der Waals surface area contributed by atoms with Gasteiger partial charge in [0.25, 0.3) is 0 Å². The Kier molecular flexibility index (Phi) is 6.24. The molecule has 8 nitrogen and oxygen atoms in total. The van der Waals surface area contributed by atoms with E-state index in [1.165, 1.54) is 23.4 Å². The lowest BCUT2D eigenvalue weighted by molar-refractivity contribution is -0.127. The van der Waals surface area contributed by atoms with E-state index in [9.17, 15) is 9.18 Å². The third-order valence-corrected chi connectivity index (χ3v) is 6.47. The molecule has 9 heteroatoms. The van der Waals surface area contributed by atoms with E-state index in [0.29, 0.717) is 25.0 Å². The van der Waals surface area contributed by atoms with Crippen molar-refractivity contribution in [3.8, 4) is 0 Å². The van der Waals surface area contributed by atoms with Gasteiger partial charge in [-0.25, -0.2) is 9.37 Å². The predicted molar refractivity (Wildman–Crippen MR) is 124 cm³/mol. The van der Waals surface area contributed by atoms with Crippen LogP contribution in [0.3, 0.4) is 0 Å². The highest BCUT2D eigenvalue weighted by molar-refractivity contribution is 5.87. The number of amides is 1. The molecule has 1 aromatic carbocycles. The number of halogens is 1. The number of ether oxygens (including phenoxy) is 1. The molecule has 33 heavy (non-hydrogen) atoms. The van der Waals surface area contributed by atoms with Crippen molar-refractivity contribution in [1.82, 2.24) is 19.8 Å². The number of nitrogens with one attached hydrogen (secondary N) is 2. The zero-order valence-corrected chi connectivity index (χ0v) is 18.6. The van der Waals surface area contributed by atoms with Crippen molar-refractivity contribution < 1.29 is 13.9 Å². The summed E-state index contributed by atoms with van der Waals surface area (Å²) in [5.74, 6) is 0.484. The Morgan fingerprint density at radius 1 is 1.30 bits per heavy atom. The number of hydrogen-bond donors (Lipinski definition) is 2. The fourth-order valence-electron chi connectivity index (χ4n) is 4.70. The van der Waals surface area contributed by atoms with Gasteiger partial charge >= 0.3 is 0 Å². The van der Waals surface area contributed by atoms with Crippen LogP contribution in [0.2, 0.25) is 0 Å². The monoisotopic (exact) mass is 452 g/mol. The molecule has 1 aromatic heterocycles. The van der Waals surface area contributed by atoms with Gasteiger partial charge in [-0.05, 0) is 42.2 Å². The molecule has 3 aliphatic rings. The Bertz CT molecular complexity index is 1040. The van der Waals surface area contributed by atoms with Crippen LogP contribution in [0.25, 0.3) is 0 Å². The number of rotatable bonds is 7. The largest absolute Gasteiger partial charge is 0.381 e. The Labute approximate surface area is 192 Å². The van der Waals surface area contributed by atoms with E-state index in [1.807, 2.05) is 6.07 Å². The van der Waals surface area contributed by atoms with Crippen LogP contribution in [0.15, 0.2) is 37.1 Å². The lowest BCUT2D eigenvalue weighted by atomic mass is 10.1. The maximum absolute atomic E-state index is 14.4. The molecule has 0 bridgehead atoms. The standard InChI is InChI=1S/C24H29FN6O2/c1-2-22(32)31-7-3-4-20(13-31)27-23-21(25)9-26-24(29-23)28-19-6-5-17-11-30(12-18(17)8-19)10-16-14-33-15-16/h2,5-6,8-9,16,20H,1,3-4,7,10-15H2,(H2,26,27,28,29). The number of hydrogen-bond acceptors (Lipinski definition) is 7. The summed E-state index contributed by atoms with van der Waals surface area (Å²) in [6.45, 7) is 9.39. The molecule has 2 N–H and O–H groups in total. The van der Waals surface area contributed by atoms with Crippen molar-refractivity contribution in [2.75, 3.05) is 43.5 Å². The molecule has 0 aliphatic carbocycles. The summed E-state index contributed by atoms with van der Waals surface area (Å²) in [5.41, 5.74) is 3.49. The molecule has 1 amide bonds. The molecule has 3 aliphatic heterocycles. The van der Waals surface area contributed by atoms with E-state index in [4.69, 9.17) is 4.74 Å². The second-order valence-electron chi connectivity index (χ2n) is 9.04. The Balaban J connectivity index is 1.23. The Morgan fingerprint density at radius 2 is 2.15 bits per heavy atom. The third kappa shape index (κ3) is 4.99. The van der Waals surface area contributed by atoms with Gasteiger partial charge in [0.05, 0.1) is 19.4 Å². The molecular formula is C24H29FN6O2. The molecule has 4 heterocycles. The molecule has 2 aromatic rings. The normalized spacial score (nSPS) is 20.8. The van der Waals surface area contributed by atoms with Gasteiger partial charge in [-0.15, -0.1) is 0 Å². The predicted octanol–water partition coefficient (Wildman–Crippen LogP) is 2.91. The van der Waals surface area contributed by atoms with Crippen molar-refractivity contribution in [1.29, 1.82) is 0 Å². The van der Waals surface area contributed by atoms with Crippen molar-refractivity contribution in [2.24, 2.45) is 5.92 Å². The minimum absolute atomic E-state index is 0.0769. The number of fused-ring (bicyclic) bond motifs is 1. The highest BCUT2D eigenvalue weighted by atomic mass is 19.1. The smallest absolute Gasteiger partial charge is 0.246 e. The molecule has 1 atom stereocenters. The summed E-state index contributed by atoms with van der Waals surface area (Å²) in [5, 5.41) is 6.36. The van der Waals surface area contributed by atoms with Crippen LogP contribution in [0.4, 0.5) is 21.8 Å². The molecule has 5 rings (SSSR count). The van der Waals surface area contributed by atoms with Gasteiger partial charge in [0.15, 0.2) is 11.6 Å². The number of aromatic nitrogens is 2. The van der Waals surface area contributed by atoms with E-state index in [1.54, 1.807) is 4.90 Å². The first kappa shape index (κ1) is 21.8. The maximum atomic E-state index is 14.4. The van der Waals surface area contributed by atoms with Crippen molar-refractivity contribution in [3.63, 3.8) is 0 Å². The highest BCUT2D eigenvalue weighted by Gasteiger charge is 2.26. The second-order valence-corrected chi connectivity index (χ2v) is 9.04. The molecule has 2 saturated heterocycles. The summed E-state index contributed by atoms with van der Waals surface area (Å²) < 4.78 is 19.7. The minimum Gasteiger partial charge on any atom is -0.381 e. The average Bonchev–Trinajstić information content (AvgIpc) is 3.20. The van der Waals surface area contributed by atoms with Crippen LogP contribution in [0.5, 0.6) is 0 Å². The van der Waals surface area contributed by atoms with Gasteiger partial charge in [0.2, 0.25) is 11.9 Å². The second kappa shape index (κ2) is 9.44. The number of carbonyl (C=O) groups excluding carboxylic acids is 1. The Morgan fingerprint density at radius 3 is 2.94 bits per heavy atom. The van der Waals surface area contributed by atoms with Crippen LogP contribution in [0.1, 0.15) is 24.0 Å². The average molecular weight is 453 g/mol. The van der Waals surface area contributed by atoms with Gasteiger partial charge in [-0.1, -0.05) is 12.6 Å². The summed E-state index contributed by atoms with van der Waals surface area (Å²) in [7, 11) is 0. The van der Waals surface area contributed by atoms with Crippen LogP contribution >= 0.6 is 0 Å². The molecule has 2 fully saturated rings. The molecule has 0 saturated carbocycles. The summed E-state index contributed by atoms with van der Waals surface area (Å²) in [6, 6.07) is 6.18. The van der Waals surface area contributed by atoms with E-state index < -0.39 is 5.82 Å². The number of nitrogens with zero attached hydrogens (tertiary/aromatic N) is 4. The summed E-state index contributed by atoms with van der Waals surface area (Å²) in [4.78, 5) is 24.6. The van der Waals surface area contributed by atoms with Gasteiger partial charge in [-0.2, -0.15) is 4.98 Å². The number of benzene rings is 1. The molecule has 174 valence electrons. The molecule has 1 unspecified atom stereocenters. The van der Waals surface area contributed by atoms with Gasteiger partial charge in [0, 0.05) is 50.4 Å². The first-order valence-corrected chi connectivity index (χ1v) is 11.5. The van der Waals surface area contributed by atoms with Crippen LogP contribution < -0.4 is 10.6 Å². The topological polar surface area (TPSA) is 82.6 Å². The quantitative estimate of drug-likeness (QED) is 0.625. The van der Waals surface area contributed by atoms with E-state index in [-0.39, 0.29) is 17.8 Å². The molecular weight excluding hydrogens is 423 g/mol. The number of carbonyl (C=O) groups is 1. The molecule has 0 radical (unpaired) electrons. The third-order valence-electron chi connectivity index (χ3n) is 6.47. The number of anilines is 3. The fourth-order valence-corrected chi connectivity index (χ4v) is 4.70. The summed E-state index contributed by atoms with van der Waals surface area (Å²) >= 11 is 0. The summed E-state index contributed by atoms with van der Waals surface area (Å²) in [6.07, 6.45) is 4.16. The van der Waals surface area contributed by atoms with Gasteiger partial charge in [0.1, 0.15) is 0 Å². The first-order valence-electron chi connectivity index (χ1n) is 11.5. The lowest BCUT2D eigenvalue weighted by Gasteiger charge is -2.32. The molecule has 0 spiro atoms. The SMILES string of the molecule is C=CC(=O)N1CCCC(Nc2nc(Nc3ccc4c(c3)CN(CC3COC3)C4)ncc2F)C1. The number of piperidine rings is 1. The number of likely N-dealkylation sites (tertiary alicyclic amines) is 1. The maximum Gasteiger partial charge on any atom is 0.246 e. The zero-order chi connectivity index (χ0) is 22.8.